The molecule has 0 bridgehead atoms. The minimum absolute atomic E-state index is 0.134. The number of nitrogens with zero attached hydrogens (tertiary/aromatic N) is 2. The summed E-state index contributed by atoms with van der Waals surface area (Å²) in [6.45, 7) is 3.42. The van der Waals surface area contributed by atoms with E-state index >= 15 is 0 Å². The van der Waals surface area contributed by atoms with E-state index in [9.17, 15) is 13.2 Å². The molecule has 2 aromatic carbocycles. The predicted molar refractivity (Wildman–Crippen MR) is 115 cm³/mol. The number of nitrogens with one attached hydrogen (secondary N) is 1. The summed E-state index contributed by atoms with van der Waals surface area (Å²) in [6.07, 6.45) is 0.785. The largest absolute Gasteiger partial charge is 0.494 e. The van der Waals surface area contributed by atoms with E-state index in [2.05, 4.69) is 5.32 Å². The molecule has 0 aliphatic heterocycles. The molecule has 1 amide bonds. The fourth-order valence-electron chi connectivity index (χ4n) is 2.72. The number of ether oxygens (including phenoxy) is 1. The second-order valence-electron chi connectivity index (χ2n) is 6.76. The van der Waals surface area contributed by atoms with Gasteiger partial charge in [0.1, 0.15) is 12.3 Å². The van der Waals surface area contributed by atoms with Gasteiger partial charge in [0.2, 0.25) is 5.91 Å². The van der Waals surface area contributed by atoms with E-state index in [4.69, 9.17) is 4.74 Å². The SMILES string of the molecule is CCOc1ccc(N(CC(=O)NCCCN(C)C)S(=O)(=O)c2ccccc2)cc1. The van der Waals surface area contributed by atoms with Gasteiger partial charge in [-0.15, -0.1) is 0 Å². The molecule has 0 aliphatic carbocycles. The van der Waals surface area contributed by atoms with Crippen LogP contribution in [0.2, 0.25) is 0 Å². The average Bonchev–Trinajstić information content (AvgIpc) is 2.71. The zero-order valence-corrected chi connectivity index (χ0v) is 18.0. The third-order valence-electron chi connectivity index (χ3n) is 4.16. The van der Waals surface area contributed by atoms with E-state index in [1.54, 1.807) is 42.5 Å². The summed E-state index contributed by atoms with van der Waals surface area (Å²) in [4.78, 5) is 14.6. The highest BCUT2D eigenvalue weighted by atomic mass is 32.2. The Morgan fingerprint density at radius 3 is 2.28 bits per heavy atom. The zero-order valence-electron chi connectivity index (χ0n) is 17.2. The van der Waals surface area contributed by atoms with Crippen LogP contribution in [0.1, 0.15) is 13.3 Å². The van der Waals surface area contributed by atoms with Gasteiger partial charge in [-0.1, -0.05) is 18.2 Å². The maximum atomic E-state index is 13.2. The van der Waals surface area contributed by atoms with E-state index in [0.717, 1.165) is 17.3 Å². The van der Waals surface area contributed by atoms with Crippen molar-refractivity contribution in [3.05, 3.63) is 54.6 Å². The van der Waals surface area contributed by atoms with E-state index in [1.165, 1.54) is 12.1 Å². The van der Waals surface area contributed by atoms with Gasteiger partial charge in [0.15, 0.2) is 0 Å². The van der Waals surface area contributed by atoms with Crippen molar-refractivity contribution in [1.29, 1.82) is 0 Å². The molecule has 0 radical (unpaired) electrons. The molecule has 0 saturated carbocycles. The van der Waals surface area contributed by atoms with Gasteiger partial charge in [-0.3, -0.25) is 9.10 Å². The molecule has 8 heteroatoms. The van der Waals surface area contributed by atoms with Crippen molar-refractivity contribution in [2.75, 3.05) is 44.6 Å². The molecular formula is C21H29N3O4S. The first-order valence-electron chi connectivity index (χ1n) is 9.56. The van der Waals surface area contributed by atoms with Crippen molar-refractivity contribution >= 4 is 21.6 Å². The monoisotopic (exact) mass is 419 g/mol. The fraction of sp³-hybridized carbons (Fsp3) is 0.381. The smallest absolute Gasteiger partial charge is 0.264 e. The van der Waals surface area contributed by atoms with E-state index in [1.807, 2.05) is 25.9 Å². The summed E-state index contributed by atoms with van der Waals surface area (Å²) in [5.41, 5.74) is 0.403. The van der Waals surface area contributed by atoms with Crippen LogP contribution < -0.4 is 14.4 Å². The van der Waals surface area contributed by atoms with Crippen LogP contribution in [-0.4, -0.2) is 59.6 Å². The number of amides is 1. The zero-order chi connectivity index (χ0) is 21.3. The van der Waals surface area contributed by atoms with Gasteiger partial charge in [-0.05, 0) is 70.4 Å². The number of sulfonamides is 1. The Balaban J connectivity index is 2.22. The molecule has 0 heterocycles. The first kappa shape index (κ1) is 22.7. The van der Waals surface area contributed by atoms with Crippen molar-refractivity contribution in [2.24, 2.45) is 0 Å². The highest BCUT2D eigenvalue weighted by Crippen LogP contribution is 2.25. The van der Waals surface area contributed by atoms with Crippen molar-refractivity contribution in [3.63, 3.8) is 0 Å². The van der Waals surface area contributed by atoms with Crippen LogP contribution in [0.3, 0.4) is 0 Å². The lowest BCUT2D eigenvalue weighted by Crippen LogP contribution is -2.41. The standard InChI is InChI=1S/C21H29N3O4S/c1-4-28-19-13-11-18(12-14-19)24(17-21(25)22-15-8-16-23(2)3)29(26,27)20-9-6-5-7-10-20/h5-7,9-14H,4,8,15-17H2,1-3H3,(H,22,25). The second-order valence-corrected chi connectivity index (χ2v) is 8.62. The van der Waals surface area contributed by atoms with Gasteiger partial charge in [0, 0.05) is 6.54 Å². The molecule has 0 aromatic heterocycles. The summed E-state index contributed by atoms with van der Waals surface area (Å²) < 4.78 is 33.0. The Morgan fingerprint density at radius 1 is 1.03 bits per heavy atom. The Bertz CT molecular complexity index is 869. The molecule has 0 aliphatic rings. The normalized spacial score (nSPS) is 11.3. The lowest BCUT2D eigenvalue weighted by molar-refractivity contribution is -0.119. The molecule has 29 heavy (non-hydrogen) atoms. The molecular weight excluding hydrogens is 390 g/mol. The molecule has 0 atom stereocenters. The topological polar surface area (TPSA) is 79.0 Å². The third kappa shape index (κ3) is 6.76. The molecule has 0 fully saturated rings. The second kappa shape index (κ2) is 10.8. The summed E-state index contributed by atoms with van der Waals surface area (Å²) in [6, 6.07) is 14.8. The van der Waals surface area contributed by atoms with Crippen molar-refractivity contribution in [3.8, 4) is 5.75 Å². The molecule has 2 rings (SSSR count). The van der Waals surface area contributed by atoms with Crippen LogP contribution in [-0.2, 0) is 14.8 Å². The van der Waals surface area contributed by atoms with Gasteiger partial charge in [-0.25, -0.2) is 8.42 Å². The van der Waals surface area contributed by atoms with Gasteiger partial charge in [0.25, 0.3) is 10.0 Å². The van der Waals surface area contributed by atoms with Crippen LogP contribution in [0.15, 0.2) is 59.5 Å². The lowest BCUT2D eigenvalue weighted by Gasteiger charge is -2.24. The van der Waals surface area contributed by atoms with Crippen LogP contribution in [0, 0.1) is 0 Å². The molecule has 1 N–H and O–H groups in total. The number of carbonyl (C=O) groups is 1. The number of anilines is 1. The highest BCUT2D eigenvalue weighted by molar-refractivity contribution is 7.92. The first-order valence-corrected chi connectivity index (χ1v) is 11.0. The Hall–Kier alpha value is -2.58. The van der Waals surface area contributed by atoms with Gasteiger partial charge < -0.3 is 15.0 Å². The molecule has 0 spiro atoms. The minimum atomic E-state index is -3.89. The summed E-state index contributed by atoms with van der Waals surface area (Å²) in [5, 5.41) is 2.80. The Labute approximate surface area is 173 Å². The third-order valence-corrected chi connectivity index (χ3v) is 5.95. The van der Waals surface area contributed by atoms with Gasteiger partial charge >= 0.3 is 0 Å². The minimum Gasteiger partial charge on any atom is -0.494 e. The van der Waals surface area contributed by atoms with E-state index in [-0.39, 0.29) is 17.3 Å². The van der Waals surface area contributed by atoms with Crippen molar-refractivity contribution in [1.82, 2.24) is 10.2 Å². The predicted octanol–water partition coefficient (Wildman–Crippen LogP) is 2.35. The van der Waals surface area contributed by atoms with Crippen molar-refractivity contribution in [2.45, 2.75) is 18.2 Å². The summed E-state index contributed by atoms with van der Waals surface area (Å²) in [5.74, 6) is 0.290. The van der Waals surface area contributed by atoms with Crippen molar-refractivity contribution < 1.29 is 17.9 Å². The fourth-order valence-corrected chi connectivity index (χ4v) is 4.16. The maximum absolute atomic E-state index is 13.2. The van der Waals surface area contributed by atoms with E-state index in [0.29, 0.717) is 24.6 Å². The Kier molecular flexibility index (Phi) is 8.48. The quantitative estimate of drug-likeness (QED) is 0.566. The van der Waals surface area contributed by atoms with Crippen LogP contribution in [0.5, 0.6) is 5.75 Å². The van der Waals surface area contributed by atoms with Crippen LogP contribution in [0.25, 0.3) is 0 Å². The molecule has 158 valence electrons. The van der Waals surface area contributed by atoms with E-state index < -0.39 is 10.0 Å². The lowest BCUT2D eigenvalue weighted by atomic mass is 10.3. The first-order chi connectivity index (χ1) is 13.8. The number of carbonyl (C=O) groups excluding carboxylic acids is 1. The van der Waals surface area contributed by atoms with Crippen LogP contribution in [0.4, 0.5) is 5.69 Å². The highest BCUT2D eigenvalue weighted by Gasteiger charge is 2.27. The number of hydrogen-bond acceptors (Lipinski definition) is 5. The van der Waals surface area contributed by atoms with Gasteiger partial charge in [0.05, 0.1) is 17.2 Å². The molecule has 2 aromatic rings. The molecule has 7 nitrogen and oxygen atoms in total. The average molecular weight is 420 g/mol. The molecule has 0 saturated heterocycles. The number of hydrogen-bond donors (Lipinski definition) is 1. The number of benzene rings is 2. The van der Waals surface area contributed by atoms with Gasteiger partial charge in [-0.2, -0.15) is 0 Å². The summed E-state index contributed by atoms with van der Waals surface area (Å²) in [7, 11) is 0.0255. The maximum Gasteiger partial charge on any atom is 0.264 e. The molecule has 0 unspecified atom stereocenters. The van der Waals surface area contributed by atoms with Crippen LogP contribution >= 0.6 is 0 Å². The summed E-state index contributed by atoms with van der Waals surface area (Å²) >= 11 is 0. The Morgan fingerprint density at radius 2 is 1.69 bits per heavy atom. The number of rotatable bonds is 11.